The molecule has 8 atom stereocenters. The zero-order valence-electron chi connectivity index (χ0n) is 15.8. The van der Waals surface area contributed by atoms with Crippen molar-refractivity contribution in [2.45, 2.75) is 57.3 Å². The fourth-order valence-corrected chi connectivity index (χ4v) is 6.97. The van der Waals surface area contributed by atoms with Gasteiger partial charge in [-0.05, 0) is 55.2 Å². The Morgan fingerprint density at radius 1 is 1.30 bits per heavy atom. The molecule has 3 saturated carbocycles. The largest absolute Gasteiger partial charge is 0.393 e. The van der Waals surface area contributed by atoms with Gasteiger partial charge in [0, 0.05) is 16.7 Å². The van der Waals surface area contributed by atoms with Crippen LogP contribution in [0.5, 0.6) is 0 Å². The van der Waals surface area contributed by atoms with Crippen LogP contribution in [0.4, 0.5) is 0 Å². The van der Waals surface area contributed by atoms with Crippen LogP contribution in [0.3, 0.4) is 0 Å². The van der Waals surface area contributed by atoms with E-state index in [0.717, 1.165) is 0 Å². The minimum atomic E-state index is -1.65. The van der Waals surface area contributed by atoms with Crippen molar-refractivity contribution in [2.75, 3.05) is 6.61 Å². The molecule has 0 aromatic carbocycles. The highest BCUT2D eigenvalue weighted by Gasteiger charge is 2.68. The normalized spacial score (nSPS) is 51.3. The highest BCUT2D eigenvalue weighted by molar-refractivity contribution is 6.01. The molecule has 0 heterocycles. The number of allylic oxidation sites excluding steroid dienone is 3. The van der Waals surface area contributed by atoms with E-state index in [0.29, 0.717) is 18.4 Å². The van der Waals surface area contributed by atoms with Crippen molar-refractivity contribution in [3.63, 3.8) is 0 Å². The second kappa shape index (κ2) is 5.83. The van der Waals surface area contributed by atoms with Crippen molar-refractivity contribution < 1.29 is 30.0 Å². The average molecular weight is 376 g/mol. The van der Waals surface area contributed by atoms with E-state index >= 15 is 0 Å². The van der Waals surface area contributed by atoms with Crippen LogP contribution in [0.1, 0.15) is 39.5 Å². The summed E-state index contributed by atoms with van der Waals surface area (Å²) in [5, 5.41) is 42.5. The zero-order valence-corrected chi connectivity index (χ0v) is 15.8. The first-order valence-corrected chi connectivity index (χ1v) is 9.76. The lowest BCUT2D eigenvalue weighted by Gasteiger charge is -2.60. The van der Waals surface area contributed by atoms with Crippen molar-refractivity contribution in [3.05, 3.63) is 23.8 Å². The first kappa shape index (κ1) is 19.0. The van der Waals surface area contributed by atoms with Gasteiger partial charge in [-0.3, -0.25) is 9.59 Å². The van der Waals surface area contributed by atoms with Crippen LogP contribution in [0, 0.1) is 28.6 Å². The van der Waals surface area contributed by atoms with Crippen LogP contribution in [0.15, 0.2) is 23.8 Å². The van der Waals surface area contributed by atoms with Crippen LogP contribution in [0.25, 0.3) is 0 Å². The van der Waals surface area contributed by atoms with Gasteiger partial charge in [0.15, 0.2) is 11.6 Å². The monoisotopic (exact) mass is 376 g/mol. The van der Waals surface area contributed by atoms with Gasteiger partial charge in [0.05, 0.1) is 12.2 Å². The Morgan fingerprint density at radius 3 is 2.67 bits per heavy atom. The van der Waals surface area contributed by atoms with Gasteiger partial charge in [-0.15, -0.1) is 0 Å². The van der Waals surface area contributed by atoms with Gasteiger partial charge in [-0.2, -0.15) is 0 Å². The van der Waals surface area contributed by atoms with Gasteiger partial charge in [-0.1, -0.05) is 19.9 Å². The third-order valence-electron chi connectivity index (χ3n) is 8.27. The van der Waals surface area contributed by atoms with Crippen molar-refractivity contribution in [1.82, 2.24) is 0 Å². The Bertz CT molecular complexity index is 756. The standard InChI is InChI=1S/C21H28O6/c1-19-5-3-11(23)7-14(19)15(24)8-12-13-4-6-21(27,17(26)10-22)20(13,2)9-16(25)18(12)19/h3,5,7,12-13,15-16,18,22,24-25,27H,4,6,8-10H2,1-2H3/t12?,13?,15-,16?,18?,19+,20+,21+/m1/s1. The van der Waals surface area contributed by atoms with Gasteiger partial charge in [0.2, 0.25) is 0 Å². The molecule has 0 aromatic heterocycles. The van der Waals surface area contributed by atoms with Crippen LogP contribution in [-0.2, 0) is 9.59 Å². The molecule has 3 fully saturated rings. The lowest BCUT2D eigenvalue weighted by molar-refractivity contribution is -0.182. The van der Waals surface area contributed by atoms with Gasteiger partial charge < -0.3 is 20.4 Å². The molecule has 0 saturated heterocycles. The molecule has 4 aliphatic carbocycles. The number of hydrogen-bond donors (Lipinski definition) is 4. The fourth-order valence-electron chi connectivity index (χ4n) is 6.97. The summed E-state index contributed by atoms with van der Waals surface area (Å²) in [6, 6.07) is 0. The number of carbonyl (C=O) groups excluding carboxylic acids is 2. The lowest BCUT2D eigenvalue weighted by Crippen LogP contribution is -2.63. The molecule has 4 N–H and O–H groups in total. The number of aliphatic hydroxyl groups excluding tert-OH is 3. The number of rotatable bonds is 2. The summed E-state index contributed by atoms with van der Waals surface area (Å²) >= 11 is 0. The Labute approximate surface area is 158 Å². The second-order valence-electron chi connectivity index (χ2n) is 9.33. The maximum Gasteiger partial charge on any atom is 0.190 e. The Kier molecular flexibility index (Phi) is 4.10. The second-order valence-corrected chi connectivity index (χ2v) is 9.33. The van der Waals surface area contributed by atoms with Gasteiger partial charge >= 0.3 is 0 Å². The summed E-state index contributed by atoms with van der Waals surface area (Å²) in [5.74, 6) is -1.08. The molecular weight excluding hydrogens is 348 g/mol. The molecule has 4 aliphatic rings. The minimum absolute atomic E-state index is 0.0505. The molecule has 0 amide bonds. The van der Waals surface area contributed by atoms with Crippen LogP contribution < -0.4 is 0 Å². The molecule has 0 bridgehead atoms. The average Bonchev–Trinajstić information content (AvgIpc) is 2.87. The highest BCUT2D eigenvalue weighted by Crippen LogP contribution is 2.67. The maximum atomic E-state index is 12.4. The first-order valence-electron chi connectivity index (χ1n) is 9.76. The third kappa shape index (κ3) is 2.27. The van der Waals surface area contributed by atoms with E-state index < -0.39 is 41.0 Å². The van der Waals surface area contributed by atoms with Crippen LogP contribution >= 0.6 is 0 Å². The van der Waals surface area contributed by atoms with Gasteiger partial charge in [0.1, 0.15) is 12.2 Å². The molecule has 4 unspecified atom stereocenters. The molecule has 6 heteroatoms. The number of aliphatic hydroxyl groups is 4. The van der Waals surface area contributed by atoms with E-state index in [2.05, 4.69) is 0 Å². The predicted octanol–water partition coefficient (Wildman–Crippen LogP) is 0.528. The van der Waals surface area contributed by atoms with E-state index in [1.807, 2.05) is 13.8 Å². The van der Waals surface area contributed by atoms with Crippen molar-refractivity contribution in [2.24, 2.45) is 28.6 Å². The Hall–Kier alpha value is -1.34. The van der Waals surface area contributed by atoms with Crippen LogP contribution in [0.2, 0.25) is 0 Å². The summed E-state index contributed by atoms with van der Waals surface area (Å²) in [6.07, 6.45) is 4.73. The topological polar surface area (TPSA) is 115 Å². The maximum absolute atomic E-state index is 12.4. The van der Waals surface area contributed by atoms with E-state index in [1.165, 1.54) is 12.2 Å². The quantitative estimate of drug-likeness (QED) is 0.559. The highest BCUT2D eigenvalue weighted by atomic mass is 16.3. The Morgan fingerprint density at radius 2 is 2.00 bits per heavy atom. The first-order chi connectivity index (χ1) is 12.6. The molecule has 0 aliphatic heterocycles. The zero-order chi connectivity index (χ0) is 19.8. The van der Waals surface area contributed by atoms with E-state index in [-0.39, 0.29) is 36.4 Å². The smallest absolute Gasteiger partial charge is 0.190 e. The lowest BCUT2D eigenvalue weighted by atomic mass is 9.45. The molecule has 148 valence electrons. The van der Waals surface area contributed by atoms with Gasteiger partial charge in [-0.25, -0.2) is 0 Å². The predicted molar refractivity (Wildman–Crippen MR) is 96.4 cm³/mol. The number of Topliss-reactive ketones (excluding diaryl/α,β-unsaturated/α-hetero) is 1. The Balaban J connectivity index is 1.78. The fraction of sp³-hybridized carbons (Fsp3) is 0.714. The molecule has 0 spiro atoms. The van der Waals surface area contributed by atoms with E-state index in [1.54, 1.807) is 6.08 Å². The van der Waals surface area contributed by atoms with Gasteiger partial charge in [0.25, 0.3) is 0 Å². The summed E-state index contributed by atoms with van der Waals surface area (Å²) in [5.41, 5.74) is -2.48. The van der Waals surface area contributed by atoms with Crippen molar-refractivity contribution in [3.8, 4) is 0 Å². The molecule has 0 radical (unpaired) electrons. The molecule has 0 aromatic rings. The number of carbonyl (C=O) groups is 2. The van der Waals surface area contributed by atoms with Crippen LogP contribution in [-0.4, -0.2) is 56.4 Å². The number of hydrogen-bond acceptors (Lipinski definition) is 6. The summed E-state index contributed by atoms with van der Waals surface area (Å²) in [4.78, 5) is 24.2. The minimum Gasteiger partial charge on any atom is -0.393 e. The van der Waals surface area contributed by atoms with Crippen molar-refractivity contribution >= 4 is 11.6 Å². The number of fused-ring (bicyclic) bond motifs is 5. The van der Waals surface area contributed by atoms with E-state index in [9.17, 15) is 30.0 Å². The molecule has 6 nitrogen and oxygen atoms in total. The molecule has 27 heavy (non-hydrogen) atoms. The van der Waals surface area contributed by atoms with E-state index in [4.69, 9.17) is 0 Å². The molecular formula is C21H28O6. The summed E-state index contributed by atoms with van der Waals surface area (Å²) < 4.78 is 0. The number of ketones is 2. The summed E-state index contributed by atoms with van der Waals surface area (Å²) in [7, 11) is 0. The molecule has 4 rings (SSSR count). The SMILES string of the molecule is C[C@]12C=CC(=O)C=C1[C@H](O)CC1C2C(O)C[C@@]2(C)C1CC[C@]2(O)C(=O)CO. The third-order valence-corrected chi connectivity index (χ3v) is 8.27. The van der Waals surface area contributed by atoms with Crippen molar-refractivity contribution in [1.29, 1.82) is 0 Å². The summed E-state index contributed by atoms with van der Waals surface area (Å²) in [6.45, 7) is 3.06.